The van der Waals surface area contributed by atoms with Gasteiger partial charge in [-0.05, 0) is 30.0 Å². The predicted molar refractivity (Wildman–Crippen MR) is 73.5 cm³/mol. The third kappa shape index (κ3) is 2.21. The van der Waals surface area contributed by atoms with Crippen molar-refractivity contribution in [3.63, 3.8) is 0 Å². The van der Waals surface area contributed by atoms with Crippen molar-refractivity contribution in [2.45, 2.75) is 6.92 Å². The number of hydrogen-bond acceptors (Lipinski definition) is 3. The van der Waals surface area contributed by atoms with Gasteiger partial charge >= 0.3 is 0 Å². The summed E-state index contributed by atoms with van der Waals surface area (Å²) in [5.41, 5.74) is 2.24. The highest BCUT2D eigenvalue weighted by molar-refractivity contribution is 7.14. The number of thiophene rings is 1. The first kappa shape index (κ1) is 12.1. The highest BCUT2D eigenvalue weighted by atomic mass is 35.5. The van der Waals surface area contributed by atoms with Crippen LogP contribution in [0, 0.1) is 6.92 Å². The Kier molecular flexibility index (Phi) is 3.50. The van der Waals surface area contributed by atoms with Gasteiger partial charge < -0.3 is 5.32 Å². The monoisotopic (exact) mass is 265 g/mol. The molecule has 0 spiro atoms. The molecule has 0 bridgehead atoms. The van der Waals surface area contributed by atoms with Crippen LogP contribution in [-0.2, 0) is 0 Å². The molecule has 0 amide bonds. The third-order valence-corrected chi connectivity index (χ3v) is 3.99. The number of aryl methyl sites for hydroxylation is 1. The maximum atomic E-state index is 12.4. The van der Waals surface area contributed by atoms with Crippen LogP contribution in [0.2, 0.25) is 5.02 Å². The molecule has 0 aliphatic rings. The van der Waals surface area contributed by atoms with E-state index in [-0.39, 0.29) is 5.78 Å². The predicted octanol–water partition coefficient (Wildman–Crippen LogP) is 3.98. The topological polar surface area (TPSA) is 29.1 Å². The fourth-order valence-electron chi connectivity index (χ4n) is 1.69. The Morgan fingerprint density at radius 1 is 1.35 bits per heavy atom. The second-order valence-electron chi connectivity index (χ2n) is 3.68. The summed E-state index contributed by atoms with van der Waals surface area (Å²) < 4.78 is 0. The lowest BCUT2D eigenvalue weighted by atomic mass is 10.0. The van der Waals surface area contributed by atoms with Crippen LogP contribution in [0.5, 0.6) is 0 Å². The van der Waals surface area contributed by atoms with E-state index < -0.39 is 0 Å². The maximum absolute atomic E-state index is 12.4. The number of carbonyl (C=O) groups excluding carboxylic acids is 1. The number of benzene rings is 1. The summed E-state index contributed by atoms with van der Waals surface area (Å²) in [5.74, 6) is -0.0290. The van der Waals surface area contributed by atoms with Crippen molar-refractivity contribution in [3.05, 3.63) is 51.4 Å². The van der Waals surface area contributed by atoms with Crippen molar-refractivity contribution in [2.75, 3.05) is 12.4 Å². The van der Waals surface area contributed by atoms with Gasteiger partial charge in [-0.2, -0.15) is 0 Å². The zero-order valence-electron chi connectivity index (χ0n) is 9.58. The molecule has 0 atom stereocenters. The Hall–Kier alpha value is -1.32. The van der Waals surface area contributed by atoms with Gasteiger partial charge in [-0.3, -0.25) is 4.79 Å². The summed E-state index contributed by atoms with van der Waals surface area (Å²) in [6.07, 6.45) is 0. The molecule has 0 saturated heterocycles. The lowest BCUT2D eigenvalue weighted by Gasteiger charge is -2.06. The van der Waals surface area contributed by atoms with Gasteiger partial charge in [-0.25, -0.2) is 0 Å². The smallest absolute Gasteiger partial charge is 0.197 e. The van der Waals surface area contributed by atoms with Crippen LogP contribution < -0.4 is 5.32 Å². The number of nitrogens with one attached hydrogen (secondary N) is 1. The SMILES string of the molecule is CNc1scc(C)c1C(=O)c1ccccc1Cl. The standard InChI is InChI=1S/C13H12ClNOS/c1-8-7-17-13(15-2)11(8)12(16)9-5-3-4-6-10(9)14/h3-7,15H,1-2H3. The molecular formula is C13H12ClNOS. The van der Waals surface area contributed by atoms with Crippen molar-refractivity contribution >= 4 is 33.7 Å². The molecule has 17 heavy (non-hydrogen) atoms. The Morgan fingerprint density at radius 3 is 2.71 bits per heavy atom. The van der Waals surface area contributed by atoms with Crippen molar-refractivity contribution in [2.24, 2.45) is 0 Å². The second kappa shape index (κ2) is 4.90. The van der Waals surface area contributed by atoms with Crippen LogP contribution in [0.1, 0.15) is 21.5 Å². The zero-order chi connectivity index (χ0) is 12.4. The largest absolute Gasteiger partial charge is 0.379 e. The van der Waals surface area contributed by atoms with E-state index in [1.807, 2.05) is 31.5 Å². The second-order valence-corrected chi connectivity index (χ2v) is 4.97. The molecule has 1 aromatic carbocycles. The molecule has 1 N–H and O–H groups in total. The fraction of sp³-hybridized carbons (Fsp3) is 0.154. The minimum atomic E-state index is -0.0290. The zero-order valence-corrected chi connectivity index (χ0v) is 11.2. The molecule has 0 fully saturated rings. The quantitative estimate of drug-likeness (QED) is 0.851. The van der Waals surface area contributed by atoms with Gasteiger partial charge in [-0.1, -0.05) is 23.7 Å². The minimum absolute atomic E-state index is 0.0290. The Morgan fingerprint density at radius 2 is 2.06 bits per heavy atom. The van der Waals surface area contributed by atoms with Crippen LogP contribution in [0.4, 0.5) is 5.00 Å². The fourth-order valence-corrected chi connectivity index (χ4v) is 2.81. The minimum Gasteiger partial charge on any atom is -0.379 e. The van der Waals surface area contributed by atoms with Crippen LogP contribution in [0.15, 0.2) is 29.6 Å². The molecule has 1 aromatic heterocycles. The Bertz CT molecular complexity index is 562. The molecule has 0 radical (unpaired) electrons. The summed E-state index contributed by atoms with van der Waals surface area (Å²) in [5, 5.41) is 6.38. The molecule has 0 unspecified atom stereocenters. The van der Waals surface area contributed by atoms with E-state index in [2.05, 4.69) is 5.32 Å². The van der Waals surface area contributed by atoms with E-state index in [0.29, 0.717) is 16.1 Å². The van der Waals surface area contributed by atoms with Crippen molar-refractivity contribution in [1.82, 2.24) is 0 Å². The average Bonchev–Trinajstić information content (AvgIpc) is 2.70. The van der Waals surface area contributed by atoms with Gasteiger partial charge in [0.05, 0.1) is 15.6 Å². The average molecular weight is 266 g/mol. The lowest BCUT2D eigenvalue weighted by Crippen LogP contribution is -2.05. The summed E-state index contributed by atoms with van der Waals surface area (Å²) in [6.45, 7) is 1.93. The van der Waals surface area contributed by atoms with E-state index in [4.69, 9.17) is 11.6 Å². The van der Waals surface area contributed by atoms with Crippen LogP contribution in [0.3, 0.4) is 0 Å². The summed E-state index contributed by atoms with van der Waals surface area (Å²) in [6, 6.07) is 7.12. The first-order chi connectivity index (χ1) is 8.15. The van der Waals surface area contributed by atoms with Crippen molar-refractivity contribution in [1.29, 1.82) is 0 Å². The molecule has 2 rings (SSSR count). The van der Waals surface area contributed by atoms with Gasteiger partial charge in [0.2, 0.25) is 0 Å². The van der Waals surface area contributed by atoms with E-state index in [9.17, 15) is 4.79 Å². The van der Waals surface area contributed by atoms with Crippen LogP contribution in [0.25, 0.3) is 0 Å². The number of carbonyl (C=O) groups is 1. The van der Waals surface area contributed by atoms with Crippen molar-refractivity contribution in [3.8, 4) is 0 Å². The van der Waals surface area contributed by atoms with Crippen LogP contribution >= 0.6 is 22.9 Å². The molecule has 88 valence electrons. The molecule has 0 aliphatic carbocycles. The number of rotatable bonds is 3. The highest BCUT2D eigenvalue weighted by Gasteiger charge is 2.19. The summed E-state index contributed by atoms with van der Waals surface area (Å²) in [7, 11) is 1.81. The number of hydrogen-bond donors (Lipinski definition) is 1. The van der Waals surface area contributed by atoms with Crippen LogP contribution in [-0.4, -0.2) is 12.8 Å². The van der Waals surface area contributed by atoms with Crippen molar-refractivity contribution < 1.29 is 4.79 Å². The van der Waals surface area contributed by atoms with E-state index in [0.717, 1.165) is 10.6 Å². The number of anilines is 1. The van der Waals surface area contributed by atoms with Gasteiger partial charge in [-0.15, -0.1) is 11.3 Å². The summed E-state index contributed by atoms with van der Waals surface area (Å²) >= 11 is 7.58. The van der Waals surface area contributed by atoms with Gasteiger partial charge in [0, 0.05) is 12.6 Å². The number of ketones is 1. The molecule has 4 heteroatoms. The van der Waals surface area contributed by atoms with Gasteiger partial charge in [0.15, 0.2) is 5.78 Å². The molecule has 0 saturated carbocycles. The van der Waals surface area contributed by atoms with E-state index in [1.165, 1.54) is 11.3 Å². The highest BCUT2D eigenvalue weighted by Crippen LogP contribution is 2.31. The molecule has 0 aliphatic heterocycles. The van der Waals surface area contributed by atoms with E-state index in [1.54, 1.807) is 12.1 Å². The Balaban J connectivity index is 2.51. The lowest BCUT2D eigenvalue weighted by molar-refractivity contribution is 0.103. The molecule has 2 nitrogen and oxygen atoms in total. The first-order valence-corrected chi connectivity index (χ1v) is 6.46. The number of halogens is 1. The normalized spacial score (nSPS) is 10.3. The molecule has 2 aromatic rings. The summed E-state index contributed by atoms with van der Waals surface area (Å²) in [4.78, 5) is 12.4. The molecular weight excluding hydrogens is 254 g/mol. The van der Waals surface area contributed by atoms with Gasteiger partial charge in [0.25, 0.3) is 0 Å². The maximum Gasteiger partial charge on any atom is 0.197 e. The third-order valence-electron chi connectivity index (χ3n) is 2.55. The first-order valence-electron chi connectivity index (χ1n) is 5.20. The van der Waals surface area contributed by atoms with Gasteiger partial charge in [0.1, 0.15) is 0 Å². The van der Waals surface area contributed by atoms with E-state index >= 15 is 0 Å². The Labute approximate surface area is 109 Å². The molecule has 1 heterocycles.